The molecule has 0 saturated carbocycles. The minimum atomic E-state index is -3.39. The number of benzene rings is 2. The number of amides is 1. The molecule has 9 heteroatoms. The highest BCUT2D eigenvalue weighted by atomic mass is 32.2. The topological polar surface area (TPSA) is 101 Å². The normalized spacial score (nSPS) is 17.0. The standard InChI is InChI=1S/C20H23N3O5S/c1-13-10-17-11-16(8-9-19(17)22(13)29(4,27)28)20(24)21(3)14(2)15-6-5-7-18(12-15)23(25)26/h5-9,11-14H,10H2,1-4H3/t13-,14+/m0/s1. The molecule has 0 aromatic heterocycles. The van der Waals surface area contributed by atoms with Crippen LogP contribution in [0.1, 0.15) is 41.4 Å². The van der Waals surface area contributed by atoms with Gasteiger partial charge in [0.15, 0.2) is 0 Å². The molecule has 2 atom stereocenters. The molecule has 3 rings (SSSR count). The van der Waals surface area contributed by atoms with Gasteiger partial charge in [-0.05, 0) is 49.6 Å². The van der Waals surface area contributed by atoms with Gasteiger partial charge in [0.25, 0.3) is 11.6 Å². The lowest BCUT2D eigenvalue weighted by Gasteiger charge is -2.26. The van der Waals surface area contributed by atoms with E-state index in [9.17, 15) is 23.3 Å². The summed E-state index contributed by atoms with van der Waals surface area (Å²) in [6.45, 7) is 3.64. The number of anilines is 1. The molecule has 2 aromatic rings. The Kier molecular flexibility index (Phi) is 5.36. The minimum Gasteiger partial charge on any atom is -0.335 e. The van der Waals surface area contributed by atoms with Crippen LogP contribution in [0.25, 0.3) is 0 Å². The van der Waals surface area contributed by atoms with Gasteiger partial charge in [-0.1, -0.05) is 12.1 Å². The minimum absolute atomic E-state index is 0.0254. The fourth-order valence-corrected chi connectivity index (χ4v) is 5.01. The highest BCUT2D eigenvalue weighted by molar-refractivity contribution is 7.92. The van der Waals surface area contributed by atoms with Crippen LogP contribution in [0.5, 0.6) is 0 Å². The van der Waals surface area contributed by atoms with Gasteiger partial charge in [-0.3, -0.25) is 19.2 Å². The molecule has 0 bridgehead atoms. The number of nitro benzene ring substituents is 1. The highest BCUT2D eigenvalue weighted by Crippen LogP contribution is 2.35. The lowest BCUT2D eigenvalue weighted by Crippen LogP contribution is -2.34. The lowest BCUT2D eigenvalue weighted by molar-refractivity contribution is -0.384. The molecule has 8 nitrogen and oxygen atoms in total. The van der Waals surface area contributed by atoms with Gasteiger partial charge in [-0.15, -0.1) is 0 Å². The van der Waals surface area contributed by atoms with Crippen molar-refractivity contribution in [2.75, 3.05) is 17.6 Å². The Labute approximate surface area is 169 Å². The molecule has 1 amide bonds. The second kappa shape index (κ2) is 7.47. The summed E-state index contributed by atoms with van der Waals surface area (Å²) in [6, 6.07) is 10.7. The molecule has 0 N–H and O–H groups in total. The first-order valence-electron chi connectivity index (χ1n) is 9.14. The van der Waals surface area contributed by atoms with E-state index >= 15 is 0 Å². The van der Waals surface area contributed by atoms with Crippen LogP contribution in [-0.2, 0) is 16.4 Å². The predicted octanol–water partition coefficient (Wildman–Crippen LogP) is 3.14. The number of hydrogen-bond acceptors (Lipinski definition) is 5. The van der Waals surface area contributed by atoms with Gasteiger partial charge in [0.05, 0.1) is 22.9 Å². The molecule has 1 heterocycles. The van der Waals surface area contributed by atoms with E-state index < -0.39 is 14.9 Å². The largest absolute Gasteiger partial charge is 0.335 e. The first kappa shape index (κ1) is 20.8. The molecule has 0 radical (unpaired) electrons. The summed E-state index contributed by atoms with van der Waals surface area (Å²) in [5, 5.41) is 11.0. The van der Waals surface area contributed by atoms with Gasteiger partial charge in [0.1, 0.15) is 0 Å². The predicted molar refractivity (Wildman–Crippen MR) is 111 cm³/mol. The Bertz CT molecular complexity index is 1080. The summed E-state index contributed by atoms with van der Waals surface area (Å²) in [5.41, 5.74) is 2.50. The molecule has 1 aliphatic heterocycles. The first-order valence-corrected chi connectivity index (χ1v) is 11.0. The van der Waals surface area contributed by atoms with E-state index in [1.54, 1.807) is 44.3 Å². The van der Waals surface area contributed by atoms with Crippen molar-refractivity contribution < 1.29 is 18.1 Å². The van der Waals surface area contributed by atoms with Crippen LogP contribution in [0, 0.1) is 10.1 Å². The number of hydrogen-bond donors (Lipinski definition) is 0. The van der Waals surface area contributed by atoms with Crippen molar-refractivity contribution in [3.05, 3.63) is 69.3 Å². The molecule has 0 aliphatic carbocycles. The summed E-state index contributed by atoms with van der Waals surface area (Å²) in [6.07, 6.45) is 1.71. The van der Waals surface area contributed by atoms with E-state index in [1.165, 1.54) is 27.6 Å². The van der Waals surface area contributed by atoms with E-state index in [0.29, 0.717) is 23.2 Å². The third kappa shape index (κ3) is 3.95. The van der Waals surface area contributed by atoms with Crippen LogP contribution in [0.2, 0.25) is 0 Å². The molecule has 1 aliphatic rings. The number of rotatable bonds is 5. The van der Waals surface area contributed by atoms with E-state index in [2.05, 4.69) is 0 Å². The van der Waals surface area contributed by atoms with Crippen LogP contribution in [0.15, 0.2) is 42.5 Å². The van der Waals surface area contributed by atoms with Crippen LogP contribution < -0.4 is 4.31 Å². The molecule has 0 unspecified atom stereocenters. The second-order valence-corrected chi connectivity index (χ2v) is 9.26. The van der Waals surface area contributed by atoms with Crippen LogP contribution in [0.3, 0.4) is 0 Å². The summed E-state index contributed by atoms with van der Waals surface area (Å²) in [5.74, 6) is -0.239. The molecule has 0 fully saturated rings. The summed E-state index contributed by atoms with van der Waals surface area (Å²) in [7, 11) is -1.75. The molecule has 0 saturated heterocycles. The summed E-state index contributed by atoms with van der Waals surface area (Å²) >= 11 is 0. The van der Waals surface area contributed by atoms with Crippen LogP contribution in [0.4, 0.5) is 11.4 Å². The quantitative estimate of drug-likeness (QED) is 0.549. The maximum Gasteiger partial charge on any atom is 0.269 e. The number of carbonyl (C=O) groups is 1. The number of carbonyl (C=O) groups excluding carboxylic acids is 1. The van der Waals surface area contributed by atoms with Crippen LogP contribution in [-0.4, -0.2) is 43.5 Å². The van der Waals surface area contributed by atoms with Gasteiger partial charge < -0.3 is 4.90 Å². The van der Waals surface area contributed by atoms with Gasteiger partial charge in [-0.25, -0.2) is 8.42 Å². The van der Waals surface area contributed by atoms with Crippen molar-refractivity contribution in [3.8, 4) is 0 Å². The number of nitro groups is 1. The second-order valence-electron chi connectivity index (χ2n) is 7.40. The van der Waals surface area contributed by atoms with Gasteiger partial charge in [0, 0.05) is 30.8 Å². The SMILES string of the molecule is C[C@H](c1cccc([N+](=O)[O-])c1)N(C)C(=O)c1ccc2c(c1)C[C@H](C)N2S(C)(=O)=O. The Morgan fingerprint density at radius 3 is 2.59 bits per heavy atom. The van der Waals surface area contributed by atoms with Crippen molar-refractivity contribution in [3.63, 3.8) is 0 Å². The fraction of sp³-hybridized carbons (Fsp3) is 0.350. The van der Waals surface area contributed by atoms with Crippen LogP contribution >= 0.6 is 0 Å². The monoisotopic (exact) mass is 417 g/mol. The van der Waals surface area contributed by atoms with E-state index in [4.69, 9.17) is 0 Å². The number of nitrogens with zero attached hydrogens (tertiary/aromatic N) is 3. The molecule has 29 heavy (non-hydrogen) atoms. The number of sulfonamides is 1. The molecule has 154 valence electrons. The molecular weight excluding hydrogens is 394 g/mol. The Morgan fingerprint density at radius 2 is 1.97 bits per heavy atom. The molecule has 0 spiro atoms. The molecule has 2 aromatic carbocycles. The maximum atomic E-state index is 13.0. The Balaban J connectivity index is 1.87. The van der Waals surface area contributed by atoms with Crippen molar-refractivity contribution in [1.82, 2.24) is 4.90 Å². The first-order chi connectivity index (χ1) is 13.5. The fourth-order valence-electron chi connectivity index (χ4n) is 3.74. The maximum absolute atomic E-state index is 13.0. The van der Waals surface area contributed by atoms with Crippen molar-refractivity contribution in [2.24, 2.45) is 0 Å². The smallest absolute Gasteiger partial charge is 0.269 e. The summed E-state index contributed by atoms with van der Waals surface area (Å²) in [4.78, 5) is 25.1. The average molecular weight is 417 g/mol. The Hall–Kier alpha value is -2.94. The highest BCUT2D eigenvalue weighted by Gasteiger charge is 2.33. The third-order valence-electron chi connectivity index (χ3n) is 5.30. The third-order valence-corrected chi connectivity index (χ3v) is 6.57. The Morgan fingerprint density at radius 1 is 1.28 bits per heavy atom. The van der Waals surface area contributed by atoms with Crippen molar-refractivity contribution >= 4 is 27.3 Å². The zero-order valence-electron chi connectivity index (χ0n) is 16.7. The van der Waals surface area contributed by atoms with Crippen molar-refractivity contribution in [1.29, 1.82) is 0 Å². The van der Waals surface area contributed by atoms with Gasteiger partial charge in [0.2, 0.25) is 10.0 Å². The van der Waals surface area contributed by atoms with Crippen molar-refractivity contribution in [2.45, 2.75) is 32.4 Å². The van der Waals surface area contributed by atoms with E-state index in [1.807, 2.05) is 6.92 Å². The van der Waals surface area contributed by atoms with E-state index in [0.717, 1.165) is 5.56 Å². The number of non-ortho nitro benzene ring substituents is 1. The van der Waals surface area contributed by atoms with E-state index in [-0.39, 0.29) is 23.7 Å². The zero-order valence-corrected chi connectivity index (χ0v) is 17.5. The van der Waals surface area contributed by atoms with Gasteiger partial charge in [-0.2, -0.15) is 0 Å². The molecular formula is C20H23N3O5S. The summed E-state index contributed by atoms with van der Waals surface area (Å²) < 4.78 is 25.5. The van der Waals surface area contributed by atoms with Gasteiger partial charge >= 0.3 is 0 Å². The zero-order chi connectivity index (χ0) is 21.5. The number of fused-ring (bicyclic) bond motifs is 1. The lowest BCUT2D eigenvalue weighted by atomic mass is 10.0. The average Bonchev–Trinajstić information content (AvgIpc) is 3.01.